The molecule has 0 bridgehead atoms. The molecule has 0 spiro atoms. The Labute approximate surface area is 88.5 Å². The Morgan fingerprint density at radius 3 is 2.50 bits per heavy atom. The zero-order valence-electron chi connectivity index (χ0n) is 9.92. The van der Waals surface area contributed by atoms with E-state index in [2.05, 4.69) is 36.3 Å². The Morgan fingerprint density at radius 1 is 1.14 bits per heavy atom. The molecule has 1 saturated heterocycles. The van der Waals surface area contributed by atoms with Crippen molar-refractivity contribution in [2.75, 3.05) is 47.3 Å². The Morgan fingerprint density at radius 2 is 1.93 bits per heavy atom. The van der Waals surface area contributed by atoms with E-state index in [9.17, 15) is 0 Å². The van der Waals surface area contributed by atoms with Crippen LogP contribution in [0, 0.1) is 0 Å². The standard InChI is InChI=1S/C11H25N3/c1-13(2)9-10-14(3)8-6-11-5-4-7-12-11/h11-12H,4-10H2,1-3H3. The molecule has 0 aromatic carbocycles. The highest BCUT2D eigenvalue weighted by Gasteiger charge is 2.13. The molecule has 1 atom stereocenters. The molecule has 1 rings (SSSR count). The molecule has 0 aromatic heterocycles. The monoisotopic (exact) mass is 199 g/mol. The topological polar surface area (TPSA) is 18.5 Å². The lowest BCUT2D eigenvalue weighted by molar-refractivity contribution is 0.271. The second-order valence-electron chi connectivity index (χ2n) is 4.69. The van der Waals surface area contributed by atoms with Gasteiger partial charge in [-0.1, -0.05) is 0 Å². The second kappa shape index (κ2) is 6.38. The summed E-state index contributed by atoms with van der Waals surface area (Å²) in [5, 5.41) is 3.54. The molecule has 0 aromatic rings. The van der Waals surface area contributed by atoms with Gasteiger partial charge in [0.15, 0.2) is 0 Å². The first-order chi connectivity index (χ1) is 6.68. The van der Waals surface area contributed by atoms with Gasteiger partial charge in [-0.3, -0.25) is 0 Å². The number of rotatable bonds is 6. The zero-order valence-corrected chi connectivity index (χ0v) is 9.92. The zero-order chi connectivity index (χ0) is 10.4. The molecule has 3 nitrogen and oxygen atoms in total. The third-order valence-electron chi connectivity index (χ3n) is 2.95. The minimum Gasteiger partial charge on any atom is -0.314 e. The van der Waals surface area contributed by atoms with Gasteiger partial charge in [-0.15, -0.1) is 0 Å². The fourth-order valence-corrected chi connectivity index (χ4v) is 1.86. The maximum absolute atomic E-state index is 3.54. The smallest absolute Gasteiger partial charge is 0.0106 e. The molecule has 84 valence electrons. The number of nitrogens with one attached hydrogen (secondary N) is 1. The Hall–Kier alpha value is -0.120. The summed E-state index contributed by atoms with van der Waals surface area (Å²) in [6, 6.07) is 0.789. The first-order valence-corrected chi connectivity index (χ1v) is 5.75. The molecule has 1 aliphatic heterocycles. The van der Waals surface area contributed by atoms with Gasteiger partial charge in [-0.25, -0.2) is 0 Å². The van der Waals surface area contributed by atoms with E-state index in [-0.39, 0.29) is 0 Å². The van der Waals surface area contributed by atoms with E-state index in [0.29, 0.717) is 0 Å². The van der Waals surface area contributed by atoms with Crippen molar-refractivity contribution in [1.82, 2.24) is 15.1 Å². The molecule has 1 aliphatic rings. The summed E-state index contributed by atoms with van der Waals surface area (Å²) >= 11 is 0. The Kier molecular flexibility index (Phi) is 5.45. The van der Waals surface area contributed by atoms with Crippen molar-refractivity contribution < 1.29 is 0 Å². The predicted molar refractivity (Wildman–Crippen MR) is 61.7 cm³/mol. The largest absolute Gasteiger partial charge is 0.314 e. The number of hydrogen-bond donors (Lipinski definition) is 1. The molecular formula is C11H25N3. The van der Waals surface area contributed by atoms with Crippen LogP contribution in [-0.4, -0.2) is 63.2 Å². The molecule has 0 saturated carbocycles. The van der Waals surface area contributed by atoms with Crippen LogP contribution in [0.4, 0.5) is 0 Å². The molecule has 0 radical (unpaired) electrons. The van der Waals surface area contributed by atoms with Crippen molar-refractivity contribution in [3.8, 4) is 0 Å². The molecule has 1 unspecified atom stereocenters. The fourth-order valence-electron chi connectivity index (χ4n) is 1.86. The molecule has 1 N–H and O–H groups in total. The summed E-state index contributed by atoms with van der Waals surface area (Å²) in [5.74, 6) is 0. The lowest BCUT2D eigenvalue weighted by atomic mass is 10.1. The van der Waals surface area contributed by atoms with Crippen molar-refractivity contribution in [3.05, 3.63) is 0 Å². The summed E-state index contributed by atoms with van der Waals surface area (Å²) in [4.78, 5) is 4.67. The maximum Gasteiger partial charge on any atom is 0.0106 e. The Bertz CT molecular complexity index is 141. The van der Waals surface area contributed by atoms with Crippen LogP contribution >= 0.6 is 0 Å². The van der Waals surface area contributed by atoms with E-state index in [1.807, 2.05) is 0 Å². The van der Waals surface area contributed by atoms with Crippen molar-refractivity contribution in [2.45, 2.75) is 25.3 Å². The van der Waals surface area contributed by atoms with Gasteiger partial charge in [0, 0.05) is 19.1 Å². The van der Waals surface area contributed by atoms with E-state index in [1.54, 1.807) is 0 Å². The van der Waals surface area contributed by atoms with Gasteiger partial charge < -0.3 is 15.1 Å². The van der Waals surface area contributed by atoms with E-state index in [1.165, 1.54) is 38.9 Å². The third-order valence-corrected chi connectivity index (χ3v) is 2.95. The molecule has 1 heterocycles. The highest BCUT2D eigenvalue weighted by Crippen LogP contribution is 2.08. The minimum atomic E-state index is 0.789. The maximum atomic E-state index is 3.54. The van der Waals surface area contributed by atoms with Crippen molar-refractivity contribution in [1.29, 1.82) is 0 Å². The molecule has 0 amide bonds. The highest BCUT2D eigenvalue weighted by atomic mass is 15.1. The first-order valence-electron chi connectivity index (χ1n) is 5.75. The summed E-state index contributed by atoms with van der Waals surface area (Å²) in [6.45, 7) is 4.80. The van der Waals surface area contributed by atoms with E-state index in [0.717, 1.165) is 12.6 Å². The summed E-state index contributed by atoms with van der Waals surface area (Å²) < 4.78 is 0. The first kappa shape index (κ1) is 12.0. The van der Waals surface area contributed by atoms with Gasteiger partial charge in [0.1, 0.15) is 0 Å². The second-order valence-corrected chi connectivity index (χ2v) is 4.69. The normalized spacial score (nSPS) is 22.5. The van der Waals surface area contributed by atoms with Crippen molar-refractivity contribution >= 4 is 0 Å². The molecule has 3 heteroatoms. The van der Waals surface area contributed by atoms with Crippen LogP contribution in [0.15, 0.2) is 0 Å². The number of nitrogens with zero attached hydrogens (tertiary/aromatic N) is 2. The van der Waals surface area contributed by atoms with Gasteiger partial charge in [0.2, 0.25) is 0 Å². The lowest BCUT2D eigenvalue weighted by Crippen LogP contribution is -2.32. The van der Waals surface area contributed by atoms with Crippen LogP contribution in [0.2, 0.25) is 0 Å². The van der Waals surface area contributed by atoms with Crippen LogP contribution in [0.5, 0.6) is 0 Å². The van der Waals surface area contributed by atoms with Gasteiger partial charge in [0.25, 0.3) is 0 Å². The van der Waals surface area contributed by atoms with Crippen LogP contribution in [-0.2, 0) is 0 Å². The predicted octanol–water partition coefficient (Wildman–Crippen LogP) is 0.622. The fraction of sp³-hybridized carbons (Fsp3) is 1.00. The number of likely N-dealkylation sites (N-methyl/N-ethyl adjacent to an activating group) is 2. The third kappa shape index (κ3) is 4.94. The van der Waals surface area contributed by atoms with Crippen LogP contribution in [0.1, 0.15) is 19.3 Å². The van der Waals surface area contributed by atoms with Gasteiger partial charge in [-0.2, -0.15) is 0 Å². The van der Waals surface area contributed by atoms with Gasteiger partial charge >= 0.3 is 0 Å². The SMILES string of the molecule is CN(C)CCN(C)CCC1CCCN1. The molecule has 1 fully saturated rings. The van der Waals surface area contributed by atoms with E-state index < -0.39 is 0 Å². The van der Waals surface area contributed by atoms with Gasteiger partial charge in [0.05, 0.1) is 0 Å². The Balaban J connectivity index is 1.99. The summed E-state index contributed by atoms with van der Waals surface area (Å²) in [7, 11) is 6.48. The quantitative estimate of drug-likeness (QED) is 0.676. The van der Waals surface area contributed by atoms with Crippen molar-refractivity contribution in [3.63, 3.8) is 0 Å². The average molecular weight is 199 g/mol. The lowest BCUT2D eigenvalue weighted by Gasteiger charge is -2.20. The van der Waals surface area contributed by atoms with Crippen molar-refractivity contribution in [2.24, 2.45) is 0 Å². The highest BCUT2D eigenvalue weighted by molar-refractivity contribution is 4.74. The van der Waals surface area contributed by atoms with Crippen LogP contribution in [0.3, 0.4) is 0 Å². The summed E-state index contributed by atoms with van der Waals surface area (Å²) in [6.07, 6.45) is 4.05. The molecular weight excluding hydrogens is 174 g/mol. The minimum absolute atomic E-state index is 0.789. The van der Waals surface area contributed by atoms with E-state index >= 15 is 0 Å². The summed E-state index contributed by atoms with van der Waals surface area (Å²) in [5.41, 5.74) is 0. The molecule has 14 heavy (non-hydrogen) atoms. The average Bonchev–Trinajstić information content (AvgIpc) is 2.63. The van der Waals surface area contributed by atoms with Gasteiger partial charge in [-0.05, 0) is 53.5 Å². The van der Waals surface area contributed by atoms with Crippen LogP contribution in [0.25, 0.3) is 0 Å². The molecule has 0 aliphatic carbocycles. The number of hydrogen-bond acceptors (Lipinski definition) is 3. The van der Waals surface area contributed by atoms with E-state index in [4.69, 9.17) is 0 Å². The van der Waals surface area contributed by atoms with Crippen LogP contribution < -0.4 is 5.32 Å².